The van der Waals surface area contributed by atoms with Crippen LogP contribution in [0.3, 0.4) is 0 Å². The normalized spacial score (nSPS) is 17.8. The molecule has 0 aliphatic carbocycles. The summed E-state index contributed by atoms with van der Waals surface area (Å²) in [5.74, 6) is 0.903. The first-order valence-electron chi connectivity index (χ1n) is 12.7. The summed E-state index contributed by atoms with van der Waals surface area (Å²) in [5, 5.41) is 5.62. The second kappa shape index (κ2) is 11.3. The number of anilines is 1. The average Bonchev–Trinajstić information content (AvgIpc) is 3.51. The lowest BCUT2D eigenvalue weighted by Gasteiger charge is -2.27. The molecule has 11 heteroatoms. The number of amidine groups is 2. The highest BCUT2D eigenvalue weighted by Crippen LogP contribution is 2.37. The number of nitrogens with one attached hydrogen (secondary N) is 2. The van der Waals surface area contributed by atoms with Crippen LogP contribution >= 0.6 is 11.8 Å². The van der Waals surface area contributed by atoms with Crippen molar-refractivity contribution >= 4 is 51.9 Å². The van der Waals surface area contributed by atoms with Crippen LogP contribution in [0.2, 0.25) is 0 Å². The molecular weight excluding hydrogens is 506 g/mol. The second-order valence-electron chi connectivity index (χ2n) is 9.03. The molecule has 0 saturated carbocycles. The van der Waals surface area contributed by atoms with E-state index in [0.29, 0.717) is 46.8 Å². The maximum atomic E-state index is 13.5. The summed E-state index contributed by atoms with van der Waals surface area (Å²) < 4.78 is 10.7. The van der Waals surface area contributed by atoms with Crippen LogP contribution < -0.4 is 20.1 Å². The van der Waals surface area contributed by atoms with E-state index in [2.05, 4.69) is 15.6 Å². The maximum Gasteiger partial charge on any atom is 0.259 e. The molecule has 3 aliphatic heterocycles. The van der Waals surface area contributed by atoms with Gasteiger partial charge in [0.25, 0.3) is 5.91 Å². The van der Waals surface area contributed by atoms with Gasteiger partial charge in [0.1, 0.15) is 11.9 Å². The first kappa shape index (κ1) is 25.8. The summed E-state index contributed by atoms with van der Waals surface area (Å²) in [6.45, 7) is 4.67. The highest BCUT2D eigenvalue weighted by atomic mass is 32.2. The number of thioether (sulfide) groups is 1. The quantitative estimate of drug-likeness (QED) is 0.471. The van der Waals surface area contributed by atoms with Crippen LogP contribution in [0.15, 0.2) is 52.4 Å². The van der Waals surface area contributed by atoms with E-state index in [1.807, 2.05) is 38.1 Å². The van der Waals surface area contributed by atoms with E-state index in [4.69, 9.17) is 14.5 Å². The van der Waals surface area contributed by atoms with Gasteiger partial charge in [-0.05, 0) is 37.1 Å². The molecule has 2 N–H and O–H groups in total. The minimum atomic E-state index is -0.842. The molecule has 5 rings (SSSR count). The summed E-state index contributed by atoms with van der Waals surface area (Å²) in [4.78, 5) is 50.0. The van der Waals surface area contributed by atoms with Gasteiger partial charge in [-0.3, -0.25) is 19.4 Å². The van der Waals surface area contributed by atoms with Gasteiger partial charge < -0.3 is 20.1 Å². The molecule has 0 bridgehead atoms. The Labute approximate surface area is 224 Å². The van der Waals surface area contributed by atoms with Gasteiger partial charge in [0.2, 0.25) is 18.6 Å². The van der Waals surface area contributed by atoms with Gasteiger partial charge in [-0.25, -0.2) is 9.89 Å². The number of para-hydroxylation sites is 1. The Morgan fingerprint density at radius 2 is 1.97 bits per heavy atom. The molecule has 0 spiro atoms. The molecule has 0 aromatic heterocycles. The SMILES string of the molecule is CCCCNC(=O)CC1N=C2c3ccccc3N=C(SC(CC)C(=O)Nc3ccc4c(c3)OCO4)N2C1=O. The summed E-state index contributed by atoms with van der Waals surface area (Å²) in [5.41, 5.74) is 1.97. The van der Waals surface area contributed by atoms with Crippen LogP contribution in [0, 0.1) is 0 Å². The number of amides is 3. The van der Waals surface area contributed by atoms with Gasteiger partial charge in [-0.1, -0.05) is 44.2 Å². The number of unbranched alkanes of at least 4 members (excludes halogenated alkanes) is 1. The predicted octanol–water partition coefficient (Wildman–Crippen LogP) is 3.83. The summed E-state index contributed by atoms with van der Waals surface area (Å²) in [6.07, 6.45) is 2.30. The molecule has 0 saturated heterocycles. The number of ether oxygens (including phenoxy) is 2. The topological polar surface area (TPSA) is 122 Å². The fraction of sp³-hybridized carbons (Fsp3) is 0.370. The van der Waals surface area contributed by atoms with Gasteiger partial charge in [-0.2, -0.15) is 0 Å². The Hall–Kier alpha value is -3.86. The highest BCUT2D eigenvalue weighted by molar-refractivity contribution is 8.15. The Morgan fingerprint density at radius 3 is 2.79 bits per heavy atom. The third-order valence-corrected chi connectivity index (χ3v) is 7.65. The predicted molar refractivity (Wildman–Crippen MR) is 146 cm³/mol. The van der Waals surface area contributed by atoms with Crippen molar-refractivity contribution < 1.29 is 23.9 Å². The van der Waals surface area contributed by atoms with Crippen LogP contribution in [0.4, 0.5) is 11.4 Å². The molecule has 3 amide bonds. The number of carbonyl (C=O) groups is 3. The van der Waals surface area contributed by atoms with E-state index < -0.39 is 11.3 Å². The summed E-state index contributed by atoms with van der Waals surface area (Å²) >= 11 is 1.21. The van der Waals surface area contributed by atoms with Crippen molar-refractivity contribution in [3.05, 3.63) is 48.0 Å². The van der Waals surface area contributed by atoms with Crippen LogP contribution in [0.5, 0.6) is 11.5 Å². The summed E-state index contributed by atoms with van der Waals surface area (Å²) in [7, 11) is 0. The smallest absolute Gasteiger partial charge is 0.259 e. The number of hydrogen-bond donors (Lipinski definition) is 2. The first-order chi connectivity index (χ1) is 18.5. The molecule has 38 heavy (non-hydrogen) atoms. The molecule has 2 atom stereocenters. The van der Waals surface area contributed by atoms with Gasteiger partial charge in [0.05, 0.1) is 17.4 Å². The minimum absolute atomic E-state index is 0.0372. The van der Waals surface area contributed by atoms with E-state index in [9.17, 15) is 14.4 Å². The van der Waals surface area contributed by atoms with Crippen LogP contribution in [-0.4, -0.2) is 58.3 Å². The van der Waals surface area contributed by atoms with Gasteiger partial charge >= 0.3 is 0 Å². The van der Waals surface area contributed by atoms with E-state index in [1.165, 1.54) is 16.7 Å². The molecule has 0 fully saturated rings. The highest BCUT2D eigenvalue weighted by Gasteiger charge is 2.43. The van der Waals surface area contributed by atoms with Gasteiger partial charge in [0.15, 0.2) is 16.7 Å². The fourth-order valence-electron chi connectivity index (χ4n) is 4.31. The molecule has 2 aromatic carbocycles. The number of aliphatic imine (C=N–C) groups is 2. The first-order valence-corrected chi connectivity index (χ1v) is 13.6. The van der Waals surface area contributed by atoms with Crippen LogP contribution in [0.1, 0.15) is 45.1 Å². The molecule has 198 valence electrons. The monoisotopic (exact) mass is 535 g/mol. The lowest BCUT2D eigenvalue weighted by molar-refractivity contribution is -0.128. The molecular formula is C27H29N5O5S. The van der Waals surface area contributed by atoms with Crippen LogP contribution in [0.25, 0.3) is 0 Å². The zero-order chi connectivity index (χ0) is 26.6. The largest absolute Gasteiger partial charge is 0.454 e. The average molecular weight is 536 g/mol. The van der Waals surface area contributed by atoms with Gasteiger partial charge in [-0.15, -0.1) is 0 Å². The fourth-order valence-corrected chi connectivity index (χ4v) is 5.33. The molecule has 2 aromatic rings. The lowest BCUT2D eigenvalue weighted by atomic mass is 10.1. The molecule has 10 nitrogen and oxygen atoms in total. The Balaban J connectivity index is 1.34. The number of hydrogen-bond acceptors (Lipinski definition) is 8. The van der Waals surface area contributed by atoms with Crippen molar-refractivity contribution in [3.8, 4) is 11.5 Å². The molecule has 3 aliphatic rings. The number of fused-ring (bicyclic) bond motifs is 4. The lowest BCUT2D eigenvalue weighted by Crippen LogP contribution is -2.43. The van der Waals surface area contributed by atoms with E-state index in [1.54, 1.807) is 18.2 Å². The third-order valence-electron chi connectivity index (χ3n) is 6.33. The Bertz CT molecular complexity index is 1330. The van der Waals surface area contributed by atoms with Crippen molar-refractivity contribution in [2.24, 2.45) is 9.98 Å². The Morgan fingerprint density at radius 1 is 1.16 bits per heavy atom. The Kier molecular flexibility index (Phi) is 7.64. The molecule has 0 radical (unpaired) electrons. The minimum Gasteiger partial charge on any atom is -0.454 e. The van der Waals surface area contributed by atoms with E-state index in [0.717, 1.165) is 18.4 Å². The van der Waals surface area contributed by atoms with E-state index >= 15 is 0 Å². The number of rotatable bonds is 9. The van der Waals surface area contributed by atoms with Crippen molar-refractivity contribution in [2.45, 2.75) is 50.8 Å². The zero-order valence-electron chi connectivity index (χ0n) is 21.2. The third kappa shape index (κ3) is 5.24. The zero-order valence-corrected chi connectivity index (χ0v) is 22.0. The second-order valence-corrected chi connectivity index (χ2v) is 10.2. The standard InChI is InChI=1S/C27H29N5O5S/c1-3-5-12-28-23(33)14-19-26(35)32-24(30-19)17-8-6-7-9-18(17)31-27(32)38-22(4-2)25(34)29-16-10-11-20-21(13-16)37-15-36-20/h6-11,13,19,22H,3-5,12,14-15H2,1-2H3,(H,28,33)(H,29,34). The summed E-state index contributed by atoms with van der Waals surface area (Å²) in [6, 6.07) is 11.8. The van der Waals surface area contributed by atoms with Crippen molar-refractivity contribution in [1.29, 1.82) is 0 Å². The maximum absolute atomic E-state index is 13.5. The van der Waals surface area contributed by atoms with Gasteiger partial charge in [0, 0.05) is 23.9 Å². The van der Waals surface area contributed by atoms with Crippen molar-refractivity contribution in [3.63, 3.8) is 0 Å². The number of benzene rings is 2. The number of nitrogens with zero attached hydrogens (tertiary/aromatic N) is 3. The van der Waals surface area contributed by atoms with Crippen LogP contribution in [-0.2, 0) is 14.4 Å². The number of carbonyl (C=O) groups excluding carboxylic acids is 3. The van der Waals surface area contributed by atoms with Crippen molar-refractivity contribution in [2.75, 3.05) is 18.7 Å². The van der Waals surface area contributed by atoms with Crippen molar-refractivity contribution in [1.82, 2.24) is 10.2 Å². The molecule has 3 heterocycles. The van der Waals surface area contributed by atoms with E-state index in [-0.39, 0.29) is 30.9 Å². The molecule has 2 unspecified atom stereocenters.